The lowest BCUT2D eigenvalue weighted by atomic mass is 9.72. The molecule has 0 heterocycles. The van der Waals surface area contributed by atoms with Gasteiger partial charge in [-0.25, -0.2) is 0 Å². The van der Waals surface area contributed by atoms with E-state index in [1.54, 1.807) is 6.08 Å². The van der Waals surface area contributed by atoms with Crippen molar-refractivity contribution < 1.29 is 4.79 Å². The molecule has 78 valence electrons. The van der Waals surface area contributed by atoms with Crippen LogP contribution in [-0.2, 0) is 4.79 Å². The predicted octanol–water partition coefficient (Wildman–Crippen LogP) is 3.83. The first kappa shape index (κ1) is 11.5. The number of allylic oxidation sites excluding steroid dienone is 3. The van der Waals surface area contributed by atoms with Crippen LogP contribution >= 0.6 is 11.6 Å². The van der Waals surface area contributed by atoms with Gasteiger partial charge in [0.1, 0.15) is 0 Å². The van der Waals surface area contributed by atoms with E-state index in [0.717, 1.165) is 29.9 Å². The Kier molecular flexibility index (Phi) is 3.54. The Hall–Kier alpha value is -0.560. The molecule has 0 spiro atoms. The second-order valence-corrected chi connectivity index (χ2v) is 4.58. The molecule has 0 radical (unpaired) electrons. The number of Topliss-reactive ketones (excluding diaryl/α,β-unsaturated/α-hetero) is 1. The summed E-state index contributed by atoms with van der Waals surface area (Å²) in [6, 6.07) is 0. The van der Waals surface area contributed by atoms with Crippen LogP contribution in [0.5, 0.6) is 0 Å². The second kappa shape index (κ2) is 4.31. The van der Waals surface area contributed by atoms with Gasteiger partial charge < -0.3 is 0 Å². The van der Waals surface area contributed by atoms with Gasteiger partial charge >= 0.3 is 0 Å². The van der Waals surface area contributed by atoms with E-state index in [0.29, 0.717) is 6.42 Å². The van der Waals surface area contributed by atoms with Crippen molar-refractivity contribution in [2.45, 2.75) is 39.5 Å². The summed E-state index contributed by atoms with van der Waals surface area (Å²) in [5.41, 5.74) is 0.578. The highest BCUT2D eigenvalue weighted by Crippen LogP contribution is 2.40. The normalized spacial score (nSPS) is 28.1. The van der Waals surface area contributed by atoms with Crippen LogP contribution < -0.4 is 0 Å². The van der Waals surface area contributed by atoms with Crippen molar-refractivity contribution in [3.63, 3.8) is 0 Å². The Morgan fingerprint density at radius 2 is 2.29 bits per heavy atom. The molecule has 1 rings (SSSR count). The summed E-state index contributed by atoms with van der Waals surface area (Å²) < 4.78 is 0. The monoisotopic (exact) mass is 212 g/mol. The van der Waals surface area contributed by atoms with Crippen LogP contribution in [0.1, 0.15) is 39.5 Å². The topological polar surface area (TPSA) is 17.1 Å². The summed E-state index contributed by atoms with van der Waals surface area (Å²) in [7, 11) is 0. The molecule has 0 aromatic carbocycles. The van der Waals surface area contributed by atoms with Crippen LogP contribution in [0.25, 0.3) is 0 Å². The van der Waals surface area contributed by atoms with E-state index in [-0.39, 0.29) is 11.2 Å². The number of hydrogen-bond acceptors (Lipinski definition) is 1. The molecule has 1 nitrogen and oxygen atoms in total. The first-order valence-electron chi connectivity index (χ1n) is 5.08. The molecule has 0 fully saturated rings. The third-order valence-electron chi connectivity index (χ3n) is 3.17. The molecule has 0 aliphatic heterocycles. The van der Waals surface area contributed by atoms with Gasteiger partial charge in [0.15, 0.2) is 5.78 Å². The molecule has 0 N–H and O–H groups in total. The number of rotatable bonds is 3. The summed E-state index contributed by atoms with van der Waals surface area (Å²) in [5.74, 6) is 0.219. The number of halogens is 1. The van der Waals surface area contributed by atoms with Crippen LogP contribution in [0.2, 0.25) is 0 Å². The standard InChI is InChI=1S/C12H17ClO/c1-4-6-9-10(13)7-8-12(3,5-2)11(9)14/h4H,1,5-8H2,2-3H3. The van der Waals surface area contributed by atoms with E-state index in [9.17, 15) is 4.79 Å². The highest BCUT2D eigenvalue weighted by atomic mass is 35.5. The maximum absolute atomic E-state index is 12.1. The van der Waals surface area contributed by atoms with Gasteiger partial charge in [0.2, 0.25) is 0 Å². The maximum Gasteiger partial charge on any atom is 0.166 e. The lowest BCUT2D eigenvalue weighted by Gasteiger charge is -2.32. The van der Waals surface area contributed by atoms with Crippen molar-refractivity contribution in [3.8, 4) is 0 Å². The fourth-order valence-corrected chi connectivity index (χ4v) is 2.08. The Balaban J connectivity index is 3.01. The minimum Gasteiger partial charge on any atom is -0.294 e. The summed E-state index contributed by atoms with van der Waals surface area (Å²) in [4.78, 5) is 12.1. The first-order valence-corrected chi connectivity index (χ1v) is 5.46. The van der Waals surface area contributed by atoms with E-state index in [1.807, 2.05) is 6.92 Å². The van der Waals surface area contributed by atoms with E-state index < -0.39 is 0 Å². The zero-order valence-corrected chi connectivity index (χ0v) is 9.66. The lowest BCUT2D eigenvalue weighted by Crippen LogP contribution is -2.32. The Morgan fingerprint density at radius 1 is 1.64 bits per heavy atom. The quantitative estimate of drug-likeness (QED) is 0.650. The molecule has 0 aromatic rings. The second-order valence-electron chi connectivity index (χ2n) is 4.12. The predicted molar refractivity (Wildman–Crippen MR) is 60.3 cm³/mol. The lowest BCUT2D eigenvalue weighted by molar-refractivity contribution is -0.125. The van der Waals surface area contributed by atoms with Crippen LogP contribution in [0, 0.1) is 5.41 Å². The molecular formula is C12H17ClO. The third kappa shape index (κ3) is 1.93. The van der Waals surface area contributed by atoms with Gasteiger partial charge in [-0.05, 0) is 25.7 Å². The molecule has 0 amide bonds. The summed E-state index contributed by atoms with van der Waals surface area (Å²) in [5, 5.41) is 0.737. The third-order valence-corrected chi connectivity index (χ3v) is 3.59. The van der Waals surface area contributed by atoms with Crippen LogP contribution in [0.15, 0.2) is 23.3 Å². The van der Waals surface area contributed by atoms with Gasteiger partial charge in [0, 0.05) is 16.0 Å². The van der Waals surface area contributed by atoms with Gasteiger partial charge in [-0.15, -0.1) is 6.58 Å². The van der Waals surface area contributed by atoms with E-state index >= 15 is 0 Å². The molecule has 1 aliphatic carbocycles. The van der Waals surface area contributed by atoms with E-state index in [2.05, 4.69) is 13.5 Å². The van der Waals surface area contributed by atoms with Gasteiger partial charge in [-0.1, -0.05) is 31.5 Å². The number of carbonyl (C=O) groups excluding carboxylic acids is 1. The van der Waals surface area contributed by atoms with Crippen molar-refractivity contribution in [1.29, 1.82) is 0 Å². The Morgan fingerprint density at radius 3 is 2.79 bits per heavy atom. The van der Waals surface area contributed by atoms with Crippen LogP contribution in [-0.4, -0.2) is 5.78 Å². The smallest absolute Gasteiger partial charge is 0.166 e. The molecule has 0 bridgehead atoms. The zero-order valence-electron chi connectivity index (χ0n) is 8.90. The van der Waals surface area contributed by atoms with Crippen molar-refractivity contribution in [2.24, 2.45) is 5.41 Å². The molecule has 14 heavy (non-hydrogen) atoms. The molecule has 1 unspecified atom stereocenters. The summed E-state index contributed by atoms with van der Waals surface area (Å²) in [6.07, 6.45) is 4.95. The van der Waals surface area contributed by atoms with Gasteiger partial charge in [0.25, 0.3) is 0 Å². The average Bonchev–Trinajstić information content (AvgIpc) is 2.19. The molecule has 0 aromatic heterocycles. The fraction of sp³-hybridized carbons (Fsp3) is 0.583. The van der Waals surface area contributed by atoms with Crippen molar-refractivity contribution in [1.82, 2.24) is 0 Å². The van der Waals surface area contributed by atoms with E-state index in [4.69, 9.17) is 11.6 Å². The van der Waals surface area contributed by atoms with Crippen molar-refractivity contribution >= 4 is 17.4 Å². The molecule has 1 atom stereocenters. The first-order chi connectivity index (χ1) is 6.55. The Labute approximate surface area is 90.8 Å². The number of hydrogen-bond donors (Lipinski definition) is 0. The molecular weight excluding hydrogens is 196 g/mol. The maximum atomic E-state index is 12.1. The van der Waals surface area contributed by atoms with Crippen LogP contribution in [0.4, 0.5) is 0 Å². The van der Waals surface area contributed by atoms with Gasteiger partial charge in [-0.2, -0.15) is 0 Å². The van der Waals surface area contributed by atoms with Gasteiger partial charge in [-0.3, -0.25) is 4.79 Å². The minimum absolute atomic E-state index is 0.198. The molecule has 0 saturated heterocycles. The largest absolute Gasteiger partial charge is 0.294 e. The summed E-state index contributed by atoms with van der Waals surface area (Å²) >= 11 is 6.05. The van der Waals surface area contributed by atoms with Crippen molar-refractivity contribution in [3.05, 3.63) is 23.3 Å². The van der Waals surface area contributed by atoms with E-state index in [1.165, 1.54) is 0 Å². The fourth-order valence-electron chi connectivity index (χ4n) is 1.82. The van der Waals surface area contributed by atoms with Crippen molar-refractivity contribution in [2.75, 3.05) is 0 Å². The minimum atomic E-state index is -0.198. The Bertz CT molecular complexity index is 291. The zero-order chi connectivity index (χ0) is 10.8. The number of ketones is 1. The SMILES string of the molecule is C=CCC1=C(Cl)CCC(C)(CC)C1=O. The molecule has 2 heteroatoms. The number of carbonyl (C=O) groups is 1. The molecule has 0 saturated carbocycles. The average molecular weight is 213 g/mol. The molecule has 1 aliphatic rings. The summed E-state index contributed by atoms with van der Waals surface area (Å²) in [6.45, 7) is 7.74. The van der Waals surface area contributed by atoms with Crippen LogP contribution in [0.3, 0.4) is 0 Å². The highest BCUT2D eigenvalue weighted by Gasteiger charge is 2.37. The van der Waals surface area contributed by atoms with Gasteiger partial charge in [0.05, 0.1) is 0 Å². The highest BCUT2D eigenvalue weighted by molar-refractivity contribution is 6.32.